The molecule has 0 bridgehead atoms. The van der Waals surface area contributed by atoms with Gasteiger partial charge in [0, 0.05) is 53.8 Å². The van der Waals surface area contributed by atoms with Gasteiger partial charge in [0.1, 0.15) is 5.82 Å². The third kappa shape index (κ3) is 7.17. The summed E-state index contributed by atoms with van der Waals surface area (Å²) in [5.41, 5.74) is 4.34. The molecular weight excluding hydrogens is 569 g/mol. The van der Waals surface area contributed by atoms with Crippen molar-refractivity contribution in [3.63, 3.8) is 0 Å². The lowest BCUT2D eigenvalue weighted by Crippen LogP contribution is -2.18. The van der Waals surface area contributed by atoms with E-state index in [-0.39, 0.29) is 11.3 Å². The number of anilines is 1. The quantitative estimate of drug-likeness (QED) is 0.199. The summed E-state index contributed by atoms with van der Waals surface area (Å²) in [5, 5.41) is 6.30. The summed E-state index contributed by atoms with van der Waals surface area (Å²) in [7, 11) is 3.71. The molecule has 8 nitrogen and oxygen atoms in total. The van der Waals surface area contributed by atoms with Gasteiger partial charge in [0.05, 0.1) is 23.1 Å². The van der Waals surface area contributed by atoms with Crippen LogP contribution < -0.4 is 5.32 Å². The van der Waals surface area contributed by atoms with E-state index in [0.717, 1.165) is 33.9 Å². The van der Waals surface area contributed by atoms with Crippen LogP contribution >= 0.6 is 0 Å². The molecule has 11 heteroatoms. The van der Waals surface area contributed by atoms with E-state index < -0.39 is 17.6 Å². The smallest absolute Gasteiger partial charge is 0.356 e. The monoisotopic (exact) mass is 600 g/mol. The molecule has 0 aliphatic rings. The Bertz CT molecular complexity index is 1800. The number of aryl methyl sites for hydroxylation is 2. The lowest BCUT2D eigenvalue weighted by molar-refractivity contribution is -0.137. The minimum atomic E-state index is -4.62. The molecule has 0 unspecified atom stereocenters. The van der Waals surface area contributed by atoms with E-state index in [1.807, 2.05) is 38.9 Å². The van der Waals surface area contributed by atoms with Gasteiger partial charge in [-0.15, -0.1) is 0 Å². The Kier molecular flexibility index (Phi) is 8.86. The standard InChI is InChI=1S/C33H31F3N6O2/c1-20-5-7-23(32(43)41-29-8-6-22(10-12-42(3)4)13-27(29)33(34,35)36)14-24(20)16-30-38-11-9-28(40-30)25-15-26(19-37-18-25)31-21(2)17-39-44-31/h5-9,11,13-15,17-19H,10,12,16H2,1-4H3,(H,41,43). The molecule has 0 atom stereocenters. The number of alkyl halides is 3. The van der Waals surface area contributed by atoms with Gasteiger partial charge in [-0.3, -0.25) is 9.78 Å². The van der Waals surface area contributed by atoms with Gasteiger partial charge in [-0.25, -0.2) is 9.97 Å². The minimum absolute atomic E-state index is 0.228. The summed E-state index contributed by atoms with van der Waals surface area (Å²) < 4.78 is 47.1. The molecule has 0 saturated heterocycles. The van der Waals surface area contributed by atoms with E-state index in [0.29, 0.717) is 42.2 Å². The van der Waals surface area contributed by atoms with Crippen LogP contribution in [-0.4, -0.2) is 51.6 Å². The van der Waals surface area contributed by atoms with Crippen molar-refractivity contribution in [1.82, 2.24) is 25.0 Å². The van der Waals surface area contributed by atoms with Crippen LogP contribution in [0.3, 0.4) is 0 Å². The van der Waals surface area contributed by atoms with E-state index in [1.54, 1.807) is 55.1 Å². The number of pyridine rings is 1. The van der Waals surface area contributed by atoms with Crippen LogP contribution in [0.2, 0.25) is 0 Å². The van der Waals surface area contributed by atoms with Crippen molar-refractivity contribution in [2.45, 2.75) is 32.9 Å². The summed E-state index contributed by atoms with van der Waals surface area (Å²) in [6, 6.07) is 12.7. The van der Waals surface area contributed by atoms with Crippen molar-refractivity contribution in [1.29, 1.82) is 0 Å². The van der Waals surface area contributed by atoms with Crippen molar-refractivity contribution in [2.75, 3.05) is 26.0 Å². The summed E-state index contributed by atoms with van der Waals surface area (Å²) in [4.78, 5) is 28.5. The predicted octanol–water partition coefficient (Wildman–Crippen LogP) is 6.78. The highest BCUT2D eigenvalue weighted by Crippen LogP contribution is 2.36. The van der Waals surface area contributed by atoms with E-state index in [9.17, 15) is 18.0 Å². The first-order valence-electron chi connectivity index (χ1n) is 13.9. The lowest BCUT2D eigenvalue weighted by Gasteiger charge is -2.17. The first-order valence-corrected chi connectivity index (χ1v) is 13.9. The van der Waals surface area contributed by atoms with Crippen molar-refractivity contribution >= 4 is 11.6 Å². The third-order valence-electron chi connectivity index (χ3n) is 7.20. The Balaban J connectivity index is 1.36. The number of amides is 1. The predicted molar refractivity (Wildman–Crippen MR) is 161 cm³/mol. The number of benzene rings is 2. The number of likely N-dealkylation sites (N-methyl/N-ethyl adjacent to an activating group) is 1. The molecule has 5 rings (SSSR count). The van der Waals surface area contributed by atoms with E-state index in [2.05, 4.69) is 20.4 Å². The fourth-order valence-electron chi connectivity index (χ4n) is 4.73. The molecule has 2 aromatic carbocycles. The van der Waals surface area contributed by atoms with E-state index in [1.165, 1.54) is 6.07 Å². The van der Waals surface area contributed by atoms with Crippen molar-refractivity contribution < 1.29 is 22.5 Å². The number of nitrogens with zero attached hydrogens (tertiary/aromatic N) is 5. The number of halogens is 3. The second-order valence-corrected chi connectivity index (χ2v) is 10.9. The van der Waals surface area contributed by atoms with Gasteiger partial charge < -0.3 is 14.7 Å². The molecule has 0 aliphatic carbocycles. The van der Waals surface area contributed by atoms with Crippen LogP contribution in [0.15, 0.2) is 77.8 Å². The van der Waals surface area contributed by atoms with Gasteiger partial charge in [-0.05, 0) is 87.5 Å². The highest BCUT2D eigenvalue weighted by Gasteiger charge is 2.34. The topological polar surface area (TPSA) is 97.0 Å². The highest BCUT2D eigenvalue weighted by molar-refractivity contribution is 6.05. The van der Waals surface area contributed by atoms with Gasteiger partial charge >= 0.3 is 6.18 Å². The maximum atomic E-state index is 13.9. The zero-order valence-electron chi connectivity index (χ0n) is 24.7. The minimum Gasteiger partial charge on any atom is -0.356 e. The highest BCUT2D eigenvalue weighted by atomic mass is 19.4. The van der Waals surface area contributed by atoms with Gasteiger partial charge in [-0.2, -0.15) is 13.2 Å². The van der Waals surface area contributed by atoms with Crippen molar-refractivity contribution in [3.05, 3.63) is 113 Å². The summed E-state index contributed by atoms with van der Waals surface area (Å²) in [6.07, 6.45) is 2.82. The normalized spacial score (nSPS) is 11.6. The number of carbonyl (C=O) groups is 1. The Labute approximate surface area is 253 Å². The Morgan fingerprint density at radius 1 is 0.955 bits per heavy atom. The molecule has 0 radical (unpaired) electrons. The van der Waals surface area contributed by atoms with E-state index >= 15 is 0 Å². The summed E-state index contributed by atoms with van der Waals surface area (Å²) >= 11 is 0. The number of hydrogen-bond donors (Lipinski definition) is 1. The lowest BCUT2D eigenvalue weighted by atomic mass is 10.0. The van der Waals surface area contributed by atoms with Gasteiger partial charge in [0.15, 0.2) is 5.76 Å². The molecular formula is C33H31F3N6O2. The van der Waals surface area contributed by atoms with Crippen molar-refractivity contribution in [2.24, 2.45) is 0 Å². The molecule has 44 heavy (non-hydrogen) atoms. The van der Waals surface area contributed by atoms with Crippen LogP contribution in [0.4, 0.5) is 18.9 Å². The molecule has 3 aromatic heterocycles. The molecule has 0 saturated carbocycles. The number of rotatable bonds is 9. The second kappa shape index (κ2) is 12.8. The fraction of sp³-hybridized carbons (Fsp3) is 0.242. The molecule has 0 spiro atoms. The molecule has 0 fully saturated rings. The first kappa shape index (κ1) is 30.6. The first-order chi connectivity index (χ1) is 21.0. The SMILES string of the molecule is Cc1ccc(C(=O)Nc2ccc(CCN(C)C)cc2C(F)(F)F)cc1Cc1nccc(-c2cncc(-c3oncc3C)c2)n1. The Hall–Kier alpha value is -4.90. The molecule has 0 aliphatic heterocycles. The summed E-state index contributed by atoms with van der Waals surface area (Å²) in [6.45, 7) is 4.39. The largest absolute Gasteiger partial charge is 0.418 e. The number of hydrogen-bond acceptors (Lipinski definition) is 7. The zero-order chi connectivity index (χ0) is 31.4. The van der Waals surface area contributed by atoms with Crippen LogP contribution in [0.5, 0.6) is 0 Å². The maximum absolute atomic E-state index is 13.9. The summed E-state index contributed by atoms with van der Waals surface area (Å²) in [5.74, 6) is 0.497. The molecule has 1 N–H and O–H groups in total. The van der Waals surface area contributed by atoms with Gasteiger partial charge in [0.25, 0.3) is 5.91 Å². The average molecular weight is 601 g/mol. The van der Waals surface area contributed by atoms with Crippen LogP contribution in [0.25, 0.3) is 22.6 Å². The molecule has 5 aromatic rings. The van der Waals surface area contributed by atoms with Gasteiger partial charge in [-0.1, -0.05) is 17.3 Å². The number of carbonyl (C=O) groups excluding carboxylic acids is 1. The third-order valence-corrected chi connectivity index (χ3v) is 7.20. The fourth-order valence-corrected chi connectivity index (χ4v) is 4.73. The van der Waals surface area contributed by atoms with Crippen LogP contribution in [0, 0.1) is 13.8 Å². The molecule has 3 heterocycles. The average Bonchev–Trinajstić information content (AvgIpc) is 3.43. The van der Waals surface area contributed by atoms with Gasteiger partial charge in [0.2, 0.25) is 0 Å². The number of aromatic nitrogens is 4. The van der Waals surface area contributed by atoms with E-state index in [4.69, 9.17) is 9.51 Å². The molecule has 226 valence electrons. The van der Waals surface area contributed by atoms with Crippen LogP contribution in [0.1, 0.15) is 44.0 Å². The zero-order valence-corrected chi connectivity index (χ0v) is 24.7. The maximum Gasteiger partial charge on any atom is 0.418 e. The molecule has 1 amide bonds. The second-order valence-electron chi connectivity index (χ2n) is 10.9. The Morgan fingerprint density at radius 2 is 1.75 bits per heavy atom. The van der Waals surface area contributed by atoms with Crippen LogP contribution in [-0.2, 0) is 19.0 Å². The Morgan fingerprint density at radius 3 is 2.48 bits per heavy atom. The number of nitrogens with one attached hydrogen (secondary N) is 1. The van der Waals surface area contributed by atoms with Crippen molar-refractivity contribution in [3.8, 4) is 22.6 Å².